The van der Waals surface area contributed by atoms with Gasteiger partial charge < -0.3 is 10.6 Å². The molecule has 2 N–H and O–H groups in total. The minimum Gasteiger partial charge on any atom is -0.353 e. The second-order valence-corrected chi connectivity index (χ2v) is 8.21. The van der Waals surface area contributed by atoms with E-state index in [4.69, 9.17) is 0 Å². The van der Waals surface area contributed by atoms with Gasteiger partial charge in [0.05, 0.1) is 18.0 Å². The lowest BCUT2D eigenvalue weighted by atomic mass is 9.72. The number of carbonyl (C=O) groups excluding carboxylic acids is 2. The third kappa shape index (κ3) is 3.93. The number of carbonyl (C=O) groups is 2. The standard InChI is InChI=1S/C21H29N3O2/c25-19(23-21(11-5-12-21)17-7-2-1-3-8-17)15-24-13-4-6-16(14-24)20(26)22-18-9-10-18/h1-3,7-8,16,18H,4-6,9-15H2,(H,22,26)(H,23,25). The molecule has 2 amide bonds. The van der Waals surface area contributed by atoms with E-state index in [1.165, 1.54) is 5.56 Å². The summed E-state index contributed by atoms with van der Waals surface area (Å²) in [6, 6.07) is 10.7. The second kappa shape index (κ2) is 7.39. The zero-order chi connectivity index (χ0) is 18.0. The van der Waals surface area contributed by atoms with Gasteiger partial charge in [0.2, 0.25) is 11.8 Å². The molecule has 1 heterocycles. The van der Waals surface area contributed by atoms with Crippen molar-refractivity contribution < 1.29 is 9.59 Å². The van der Waals surface area contributed by atoms with Crippen LogP contribution in [-0.4, -0.2) is 42.4 Å². The second-order valence-electron chi connectivity index (χ2n) is 8.21. The van der Waals surface area contributed by atoms with Crippen molar-refractivity contribution in [3.63, 3.8) is 0 Å². The summed E-state index contributed by atoms with van der Waals surface area (Å²) in [5.41, 5.74) is 1.02. The number of nitrogens with one attached hydrogen (secondary N) is 2. The average Bonchev–Trinajstić information content (AvgIpc) is 3.43. The summed E-state index contributed by atoms with van der Waals surface area (Å²) in [7, 11) is 0. The number of piperidine rings is 1. The zero-order valence-corrected chi connectivity index (χ0v) is 15.4. The molecule has 26 heavy (non-hydrogen) atoms. The van der Waals surface area contributed by atoms with Gasteiger partial charge in [0.1, 0.15) is 0 Å². The fraction of sp³-hybridized carbons (Fsp3) is 0.619. The first-order valence-corrected chi connectivity index (χ1v) is 10.0. The SMILES string of the molecule is O=C(CN1CCCC(C(=O)NC2CC2)C1)NC1(c2ccccc2)CCC1. The van der Waals surface area contributed by atoms with Crippen molar-refractivity contribution >= 4 is 11.8 Å². The number of hydrogen-bond donors (Lipinski definition) is 2. The Balaban J connectivity index is 1.32. The third-order valence-corrected chi connectivity index (χ3v) is 6.08. The molecule has 1 atom stereocenters. The van der Waals surface area contributed by atoms with E-state index >= 15 is 0 Å². The van der Waals surface area contributed by atoms with Gasteiger partial charge in [-0.1, -0.05) is 30.3 Å². The molecule has 0 aromatic heterocycles. The summed E-state index contributed by atoms with van der Waals surface area (Å²) in [6.45, 7) is 1.99. The minimum absolute atomic E-state index is 0.0314. The van der Waals surface area contributed by atoms with Crippen molar-refractivity contribution in [1.82, 2.24) is 15.5 Å². The molecule has 1 aromatic carbocycles. The molecule has 3 aliphatic rings. The lowest BCUT2D eigenvalue weighted by Crippen LogP contribution is -2.54. The highest BCUT2D eigenvalue weighted by Crippen LogP contribution is 2.41. The zero-order valence-electron chi connectivity index (χ0n) is 15.4. The van der Waals surface area contributed by atoms with Crippen LogP contribution in [0.1, 0.15) is 50.5 Å². The number of rotatable bonds is 6. The smallest absolute Gasteiger partial charge is 0.234 e. The van der Waals surface area contributed by atoms with Crippen LogP contribution in [0.3, 0.4) is 0 Å². The lowest BCUT2D eigenvalue weighted by molar-refractivity contribution is -0.130. The van der Waals surface area contributed by atoms with Gasteiger partial charge in [-0.25, -0.2) is 0 Å². The van der Waals surface area contributed by atoms with E-state index in [-0.39, 0.29) is 23.3 Å². The molecule has 5 nitrogen and oxygen atoms in total. The van der Waals surface area contributed by atoms with Gasteiger partial charge in [0.15, 0.2) is 0 Å². The van der Waals surface area contributed by atoms with Crippen LogP contribution in [0.5, 0.6) is 0 Å². The van der Waals surface area contributed by atoms with Crippen molar-refractivity contribution in [3.8, 4) is 0 Å². The Bertz CT molecular complexity index is 652. The first kappa shape index (κ1) is 17.5. The van der Waals surface area contributed by atoms with Crippen molar-refractivity contribution in [2.45, 2.75) is 56.5 Å². The summed E-state index contributed by atoms with van der Waals surface area (Å²) < 4.78 is 0. The summed E-state index contributed by atoms with van der Waals surface area (Å²) in [5, 5.41) is 6.41. The van der Waals surface area contributed by atoms with E-state index in [1.807, 2.05) is 18.2 Å². The average molecular weight is 355 g/mol. The topological polar surface area (TPSA) is 61.4 Å². The van der Waals surface area contributed by atoms with Gasteiger partial charge in [-0.05, 0) is 57.1 Å². The lowest BCUT2D eigenvalue weighted by Gasteiger charge is -2.43. The quantitative estimate of drug-likeness (QED) is 0.822. The van der Waals surface area contributed by atoms with Crippen LogP contribution in [0.2, 0.25) is 0 Å². The monoisotopic (exact) mass is 355 g/mol. The summed E-state index contributed by atoms with van der Waals surface area (Å²) in [6.07, 6.45) is 7.33. The maximum atomic E-state index is 12.7. The fourth-order valence-corrected chi connectivity index (χ4v) is 4.24. The first-order valence-electron chi connectivity index (χ1n) is 10.0. The van der Waals surface area contributed by atoms with Gasteiger partial charge in [-0.15, -0.1) is 0 Å². The highest BCUT2D eigenvalue weighted by atomic mass is 16.2. The van der Waals surface area contributed by atoms with E-state index in [2.05, 4.69) is 27.7 Å². The molecule has 1 aromatic rings. The molecule has 3 fully saturated rings. The van der Waals surface area contributed by atoms with Gasteiger partial charge in [-0.2, -0.15) is 0 Å². The molecule has 1 saturated heterocycles. The maximum Gasteiger partial charge on any atom is 0.234 e. The van der Waals surface area contributed by atoms with Crippen LogP contribution < -0.4 is 10.6 Å². The Labute approximate surface area is 155 Å². The van der Waals surface area contributed by atoms with E-state index in [1.54, 1.807) is 0 Å². The maximum absolute atomic E-state index is 12.7. The predicted octanol–water partition coefficient (Wildman–Crippen LogP) is 2.17. The Morgan fingerprint density at radius 3 is 2.50 bits per heavy atom. The molecule has 1 aliphatic heterocycles. The summed E-state index contributed by atoms with van der Waals surface area (Å²) >= 11 is 0. The Morgan fingerprint density at radius 1 is 1.08 bits per heavy atom. The largest absolute Gasteiger partial charge is 0.353 e. The van der Waals surface area contributed by atoms with E-state index in [9.17, 15) is 9.59 Å². The highest BCUT2D eigenvalue weighted by Gasteiger charge is 2.40. The summed E-state index contributed by atoms with van der Waals surface area (Å²) in [4.78, 5) is 27.2. The van der Waals surface area contributed by atoms with Gasteiger partial charge in [0.25, 0.3) is 0 Å². The van der Waals surface area contributed by atoms with Crippen molar-refractivity contribution in [2.75, 3.05) is 19.6 Å². The first-order chi connectivity index (χ1) is 12.6. The minimum atomic E-state index is -0.184. The molecule has 1 unspecified atom stereocenters. The van der Waals surface area contributed by atoms with Gasteiger partial charge in [-0.3, -0.25) is 14.5 Å². The number of likely N-dealkylation sites (tertiary alicyclic amines) is 1. The van der Waals surface area contributed by atoms with Crippen molar-refractivity contribution in [3.05, 3.63) is 35.9 Å². The van der Waals surface area contributed by atoms with Crippen molar-refractivity contribution in [1.29, 1.82) is 0 Å². The number of nitrogens with zero attached hydrogens (tertiary/aromatic N) is 1. The normalized spacial score (nSPS) is 25.2. The highest BCUT2D eigenvalue weighted by molar-refractivity contribution is 5.81. The fourth-order valence-electron chi connectivity index (χ4n) is 4.24. The molecule has 2 aliphatic carbocycles. The molecular formula is C21H29N3O2. The molecule has 140 valence electrons. The van der Waals surface area contributed by atoms with E-state index < -0.39 is 0 Å². The number of hydrogen-bond acceptors (Lipinski definition) is 3. The van der Waals surface area contributed by atoms with Crippen LogP contribution in [0.15, 0.2) is 30.3 Å². The van der Waals surface area contributed by atoms with Crippen LogP contribution in [0, 0.1) is 5.92 Å². The van der Waals surface area contributed by atoms with Crippen molar-refractivity contribution in [2.24, 2.45) is 5.92 Å². The van der Waals surface area contributed by atoms with Gasteiger partial charge in [0, 0.05) is 12.6 Å². The Morgan fingerprint density at radius 2 is 1.85 bits per heavy atom. The molecule has 0 bridgehead atoms. The van der Waals surface area contributed by atoms with Crippen LogP contribution in [0.4, 0.5) is 0 Å². The van der Waals surface area contributed by atoms with Crippen LogP contribution >= 0.6 is 0 Å². The number of benzene rings is 1. The molecule has 5 heteroatoms. The molecular weight excluding hydrogens is 326 g/mol. The van der Waals surface area contributed by atoms with E-state index in [0.29, 0.717) is 19.1 Å². The Hall–Kier alpha value is -1.88. The molecule has 4 rings (SSSR count). The third-order valence-electron chi connectivity index (χ3n) is 6.08. The van der Waals surface area contributed by atoms with Gasteiger partial charge >= 0.3 is 0 Å². The van der Waals surface area contributed by atoms with Crippen LogP contribution in [0.25, 0.3) is 0 Å². The predicted molar refractivity (Wildman–Crippen MR) is 100 cm³/mol. The molecule has 0 spiro atoms. The van der Waals surface area contributed by atoms with E-state index in [0.717, 1.165) is 51.5 Å². The molecule has 0 radical (unpaired) electrons. The number of amides is 2. The Kier molecular flexibility index (Phi) is 4.98. The summed E-state index contributed by atoms with van der Waals surface area (Å²) in [5.74, 6) is 0.290. The van der Waals surface area contributed by atoms with Crippen LogP contribution in [-0.2, 0) is 15.1 Å². The molecule has 2 saturated carbocycles.